The Morgan fingerprint density at radius 1 is 0.933 bits per heavy atom. The SMILES string of the molecule is COCOc1ccc(C(=CC(=O)O)c2c(C)c(OC)c3ccccc3c2OC)cc1. The summed E-state index contributed by atoms with van der Waals surface area (Å²) in [6.07, 6.45) is 1.18. The van der Waals surface area contributed by atoms with Crippen molar-refractivity contribution in [2.75, 3.05) is 28.1 Å². The summed E-state index contributed by atoms with van der Waals surface area (Å²) < 4.78 is 21.8. The lowest BCUT2D eigenvalue weighted by Crippen LogP contribution is -2.03. The molecular formula is C24H24O6. The van der Waals surface area contributed by atoms with E-state index in [1.807, 2.05) is 31.2 Å². The van der Waals surface area contributed by atoms with Crippen LogP contribution < -0.4 is 14.2 Å². The minimum absolute atomic E-state index is 0.131. The molecule has 6 nitrogen and oxygen atoms in total. The maximum atomic E-state index is 11.7. The third-order valence-electron chi connectivity index (χ3n) is 4.81. The standard InChI is InChI=1S/C24H24O6/c1-15-22(24(29-4)19-8-6-5-7-18(19)23(15)28-3)20(13-21(25)26)16-9-11-17(12-10-16)30-14-27-2/h5-13H,14H2,1-4H3,(H,25,26). The lowest BCUT2D eigenvalue weighted by Gasteiger charge is -2.21. The number of benzene rings is 3. The molecule has 0 spiro atoms. The van der Waals surface area contributed by atoms with Crippen molar-refractivity contribution in [2.24, 2.45) is 0 Å². The predicted octanol–water partition coefficient (Wildman–Crippen LogP) is 4.66. The largest absolute Gasteiger partial charge is 0.496 e. The van der Waals surface area contributed by atoms with E-state index in [2.05, 4.69) is 0 Å². The molecule has 3 aromatic carbocycles. The molecule has 0 atom stereocenters. The number of fused-ring (bicyclic) bond motifs is 1. The van der Waals surface area contributed by atoms with Crippen LogP contribution in [0.3, 0.4) is 0 Å². The third-order valence-corrected chi connectivity index (χ3v) is 4.81. The van der Waals surface area contributed by atoms with E-state index < -0.39 is 5.97 Å². The molecule has 0 aliphatic heterocycles. The van der Waals surface area contributed by atoms with Gasteiger partial charge in [0.05, 0.1) is 14.2 Å². The molecule has 3 aromatic rings. The van der Waals surface area contributed by atoms with E-state index in [0.717, 1.165) is 16.3 Å². The van der Waals surface area contributed by atoms with Crippen LogP contribution in [0.2, 0.25) is 0 Å². The maximum absolute atomic E-state index is 11.7. The molecule has 0 aromatic heterocycles. The molecule has 0 aliphatic rings. The zero-order valence-corrected chi connectivity index (χ0v) is 17.4. The molecular weight excluding hydrogens is 384 g/mol. The van der Waals surface area contributed by atoms with Gasteiger partial charge in [0, 0.05) is 40.7 Å². The normalized spacial score (nSPS) is 11.4. The Morgan fingerprint density at radius 2 is 1.53 bits per heavy atom. The van der Waals surface area contributed by atoms with Crippen LogP contribution in [-0.2, 0) is 9.53 Å². The molecule has 0 saturated carbocycles. The lowest BCUT2D eigenvalue weighted by atomic mass is 9.89. The van der Waals surface area contributed by atoms with E-state index in [1.54, 1.807) is 45.6 Å². The number of aliphatic carboxylic acids is 1. The first kappa shape index (κ1) is 21.2. The van der Waals surface area contributed by atoms with Gasteiger partial charge in [-0.05, 0) is 24.6 Å². The Labute approximate surface area is 175 Å². The molecule has 0 bridgehead atoms. The Morgan fingerprint density at radius 3 is 2.07 bits per heavy atom. The molecule has 156 valence electrons. The molecule has 1 N–H and O–H groups in total. The van der Waals surface area contributed by atoms with Gasteiger partial charge in [-0.25, -0.2) is 4.79 Å². The minimum atomic E-state index is -1.06. The van der Waals surface area contributed by atoms with Crippen molar-refractivity contribution in [3.8, 4) is 17.2 Å². The second-order valence-corrected chi connectivity index (χ2v) is 6.58. The summed E-state index contributed by atoms with van der Waals surface area (Å²) in [5.74, 6) is 0.835. The van der Waals surface area contributed by atoms with Crippen LogP contribution in [-0.4, -0.2) is 39.2 Å². The van der Waals surface area contributed by atoms with Gasteiger partial charge in [0.2, 0.25) is 0 Å². The Balaban J connectivity index is 2.27. The first-order valence-corrected chi connectivity index (χ1v) is 9.32. The number of ether oxygens (including phenoxy) is 4. The maximum Gasteiger partial charge on any atom is 0.328 e. The van der Waals surface area contributed by atoms with E-state index in [0.29, 0.717) is 33.9 Å². The van der Waals surface area contributed by atoms with Gasteiger partial charge in [0.25, 0.3) is 0 Å². The van der Waals surface area contributed by atoms with E-state index in [-0.39, 0.29) is 6.79 Å². The van der Waals surface area contributed by atoms with Gasteiger partial charge in [0.15, 0.2) is 6.79 Å². The van der Waals surface area contributed by atoms with Gasteiger partial charge < -0.3 is 24.1 Å². The van der Waals surface area contributed by atoms with E-state index in [1.165, 1.54) is 6.08 Å². The molecule has 0 aliphatic carbocycles. The van der Waals surface area contributed by atoms with E-state index >= 15 is 0 Å². The first-order valence-electron chi connectivity index (χ1n) is 9.32. The zero-order valence-electron chi connectivity index (χ0n) is 17.4. The van der Waals surface area contributed by atoms with Gasteiger partial charge in [-0.2, -0.15) is 0 Å². The molecule has 30 heavy (non-hydrogen) atoms. The molecule has 0 saturated heterocycles. The number of methoxy groups -OCH3 is 3. The molecule has 0 unspecified atom stereocenters. The van der Waals surface area contributed by atoms with Crippen molar-refractivity contribution in [2.45, 2.75) is 6.92 Å². The van der Waals surface area contributed by atoms with Crippen LogP contribution in [0.25, 0.3) is 16.3 Å². The smallest absolute Gasteiger partial charge is 0.328 e. The van der Waals surface area contributed by atoms with Gasteiger partial charge >= 0.3 is 5.97 Å². The average Bonchev–Trinajstić information content (AvgIpc) is 2.76. The summed E-state index contributed by atoms with van der Waals surface area (Å²) in [6, 6.07) is 14.9. The van der Waals surface area contributed by atoms with Gasteiger partial charge in [-0.1, -0.05) is 36.4 Å². The van der Waals surface area contributed by atoms with Gasteiger partial charge in [-0.3, -0.25) is 0 Å². The molecule has 0 heterocycles. The topological polar surface area (TPSA) is 74.2 Å². The van der Waals surface area contributed by atoms with Crippen LogP contribution in [0.1, 0.15) is 16.7 Å². The zero-order chi connectivity index (χ0) is 21.7. The fourth-order valence-corrected chi connectivity index (χ4v) is 3.58. The number of hydrogen-bond acceptors (Lipinski definition) is 5. The molecule has 6 heteroatoms. The third kappa shape index (κ3) is 4.09. The number of carboxylic acids is 1. The second-order valence-electron chi connectivity index (χ2n) is 6.58. The quantitative estimate of drug-likeness (QED) is 0.431. The summed E-state index contributed by atoms with van der Waals surface area (Å²) in [6.45, 7) is 2.03. The van der Waals surface area contributed by atoms with Gasteiger partial charge in [0.1, 0.15) is 17.2 Å². The van der Waals surface area contributed by atoms with Crippen molar-refractivity contribution >= 4 is 22.3 Å². The Bertz CT molecular complexity index is 1080. The Kier molecular flexibility index (Phi) is 6.59. The first-order chi connectivity index (χ1) is 14.5. The number of hydrogen-bond donors (Lipinski definition) is 1. The van der Waals surface area contributed by atoms with Crippen LogP contribution in [0.4, 0.5) is 0 Å². The van der Waals surface area contributed by atoms with Crippen molar-refractivity contribution in [1.82, 2.24) is 0 Å². The fraction of sp³-hybridized carbons (Fsp3) is 0.208. The van der Waals surface area contributed by atoms with Crippen LogP contribution in [0.15, 0.2) is 54.6 Å². The van der Waals surface area contributed by atoms with E-state index in [4.69, 9.17) is 18.9 Å². The molecule has 0 amide bonds. The minimum Gasteiger partial charge on any atom is -0.496 e. The average molecular weight is 408 g/mol. The van der Waals surface area contributed by atoms with Crippen LogP contribution >= 0.6 is 0 Å². The highest BCUT2D eigenvalue weighted by atomic mass is 16.7. The van der Waals surface area contributed by atoms with Crippen molar-refractivity contribution in [3.63, 3.8) is 0 Å². The number of carboxylic acid groups (broad SMARTS) is 1. The highest BCUT2D eigenvalue weighted by molar-refractivity contribution is 6.04. The Hall–Kier alpha value is -3.51. The van der Waals surface area contributed by atoms with Crippen LogP contribution in [0.5, 0.6) is 17.2 Å². The molecule has 0 radical (unpaired) electrons. The number of rotatable bonds is 8. The van der Waals surface area contributed by atoms with Crippen molar-refractivity contribution < 1.29 is 28.8 Å². The highest BCUT2D eigenvalue weighted by Gasteiger charge is 2.22. The summed E-state index contributed by atoms with van der Waals surface area (Å²) in [4.78, 5) is 11.7. The highest BCUT2D eigenvalue weighted by Crippen LogP contribution is 2.45. The molecule has 3 rings (SSSR count). The monoisotopic (exact) mass is 408 g/mol. The summed E-state index contributed by atoms with van der Waals surface area (Å²) in [5.41, 5.74) is 2.68. The van der Waals surface area contributed by atoms with Gasteiger partial charge in [-0.15, -0.1) is 0 Å². The summed E-state index contributed by atoms with van der Waals surface area (Å²) in [7, 11) is 4.73. The molecule has 0 fully saturated rings. The summed E-state index contributed by atoms with van der Waals surface area (Å²) >= 11 is 0. The summed E-state index contributed by atoms with van der Waals surface area (Å²) in [5, 5.41) is 11.3. The number of carbonyl (C=O) groups is 1. The van der Waals surface area contributed by atoms with E-state index in [9.17, 15) is 9.90 Å². The van der Waals surface area contributed by atoms with Crippen LogP contribution in [0, 0.1) is 6.92 Å². The lowest BCUT2D eigenvalue weighted by molar-refractivity contribution is -0.131. The van der Waals surface area contributed by atoms with Crippen molar-refractivity contribution in [3.05, 3.63) is 71.3 Å². The second kappa shape index (κ2) is 9.33. The van der Waals surface area contributed by atoms with Crippen molar-refractivity contribution in [1.29, 1.82) is 0 Å². The fourth-order valence-electron chi connectivity index (χ4n) is 3.58. The predicted molar refractivity (Wildman–Crippen MR) is 115 cm³/mol.